The van der Waals surface area contributed by atoms with Gasteiger partial charge in [-0.05, 0) is 31.0 Å². The maximum absolute atomic E-state index is 12.4. The Morgan fingerprint density at radius 3 is 2.65 bits per heavy atom. The smallest absolute Gasteiger partial charge is 0.289 e. The van der Waals surface area contributed by atoms with Crippen molar-refractivity contribution < 1.29 is 9.21 Å². The van der Waals surface area contributed by atoms with Crippen molar-refractivity contribution in [2.24, 2.45) is 0 Å². The molecule has 138 valence electrons. The van der Waals surface area contributed by atoms with Crippen molar-refractivity contribution in [3.05, 3.63) is 36.4 Å². The number of nitrogens with one attached hydrogen (secondary N) is 1. The van der Waals surface area contributed by atoms with Gasteiger partial charge in [0.05, 0.1) is 6.26 Å². The van der Waals surface area contributed by atoms with Gasteiger partial charge in [-0.2, -0.15) is 4.98 Å². The quantitative estimate of drug-likeness (QED) is 0.909. The van der Waals surface area contributed by atoms with Crippen molar-refractivity contribution >= 4 is 17.7 Å². The SMILES string of the molecule is O=C(c1ccco1)N1CCN(c2nccc(NC3CCCCC3)n2)CC1. The van der Waals surface area contributed by atoms with E-state index in [0.717, 1.165) is 24.9 Å². The zero-order valence-corrected chi connectivity index (χ0v) is 14.9. The van der Waals surface area contributed by atoms with E-state index in [1.807, 2.05) is 17.2 Å². The number of amides is 1. The summed E-state index contributed by atoms with van der Waals surface area (Å²) in [5.41, 5.74) is 0. The first kappa shape index (κ1) is 16.9. The van der Waals surface area contributed by atoms with Crippen LogP contribution in [0.1, 0.15) is 42.7 Å². The van der Waals surface area contributed by atoms with Gasteiger partial charge in [0, 0.05) is 38.4 Å². The molecule has 0 bridgehead atoms. The third-order valence-electron chi connectivity index (χ3n) is 5.18. The molecule has 2 aromatic heterocycles. The molecular weight excluding hydrogens is 330 g/mol. The molecule has 1 saturated carbocycles. The fourth-order valence-corrected chi connectivity index (χ4v) is 3.70. The molecule has 1 aliphatic carbocycles. The van der Waals surface area contributed by atoms with Crippen LogP contribution < -0.4 is 10.2 Å². The van der Waals surface area contributed by atoms with Gasteiger partial charge in [-0.15, -0.1) is 0 Å². The minimum absolute atomic E-state index is 0.0525. The summed E-state index contributed by atoms with van der Waals surface area (Å²) in [6.07, 6.45) is 9.70. The van der Waals surface area contributed by atoms with E-state index in [1.165, 1.54) is 38.4 Å². The highest BCUT2D eigenvalue weighted by molar-refractivity contribution is 5.91. The molecule has 0 radical (unpaired) electrons. The van der Waals surface area contributed by atoms with Crippen LogP contribution in [-0.2, 0) is 0 Å². The molecule has 1 amide bonds. The van der Waals surface area contributed by atoms with Crippen LogP contribution in [0.5, 0.6) is 0 Å². The average molecular weight is 355 g/mol. The number of nitrogens with zero attached hydrogens (tertiary/aromatic N) is 4. The highest BCUT2D eigenvalue weighted by Crippen LogP contribution is 2.22. The van der Waals surface area contributed by atoms with Crippen molar-refractivity contribution in [1.82, 2.24) is 14.9 Å². The van der Waals surface area contributed by atoms with Crippen LogP contribution >= 0.6 is 0 Å². The number of piperazine rings is 1. The number of carbonyl (C=O) groups excluding carboxylic acids is 1. The van der Waals surface area contributed by atoms with Crippen molar-refractivity contribution in [3.63, 3.8) is 0 Å². The largest absolute Gasteiger partial charge is 0.459 e. The molecule has 26 heavy (non-hydrogen) atoms. The molecule has 0 atom stereocenters. The van der Waals surface area contributed by atoms with Crippen molar-refractivity contribution in [1.29, 1.82) is 0 Å². The van der Waals surface area contributed by atoms with Gasteiger partial charge < -0.3 is 19.5 Å². The molecule has 1 aliphatic heterocycles. The number of hydrogen-bond acceptors (Lipinski definition) is 6. The zero-order chi connectivity index (χ0) is 17.8. The molecule has 7 heteroatoms. The average Bonchev–Trinajstić information content (AvgIpc) is 3.23. The first-order valence-electron chi connectivity index (χ1n) is 9.47. The molecule has 0 unspecified atom stereocenters. The van der Waals surface area contributed by atoms with E-state index in [0.29, 0.717) is 24.9 Å². The second-order valence-corrected chi connectivity index (χ2v) is 6.98. The van der Waals surface area contributed by atoms with Crippen molar-refractivity contribution in [3.8, 4) is 0 Å². The standard InChI is InChI=1S/C19H25N5O2/c25-18(16-7-4-14-26-16)23-10-12-24(13-11-23)19-20-9-8-17(22-19)21-15-5-2-1-3-6-15/h4,7-9,14-15H,1-3,5-6,10-13H2,(H,20,21,22). The monoisotopic (exact) mass is 355 g/mol. The highest BCUT2D eigenvalue weighted by Gasteiger charge is 2.25. The zero-order valence-electron chi connectivity index (χ0n) is 14.9. The Kier molecular flexibility index (Phi) is 5.04. The van der Waals surface area contributed by atoms with Crippen molar-refractivity contribution in [2.45, 2.75) is 38.1 Å². The van der Waals surface area contributed by atoms with Crippen molar-refractivity contribution in [2.75, 3.05) is 36.4 Å². The van der Waals surface area contributed by atoms with E-state index in [9.17, 15) is 4.79 Å². The van der Waals surface area contributed by atoms with E-state index in [4.69, 9.17) is 9.40 Å². The lowest BCUT2D eigenvalue weighted by Gasteiger charge is -2.34. The first-order chi connectivity index (χ1) is 12.8. The minimum atomic E-state index is -0.0525. The Hall–Kier alpha value is -2.57. The van der Waals surface area contributed by atoms with Crippen LogP contribution in [0.25, 0.3) is 0 Å². The lowest BCUT2D eigenvalue weighted by atomic mass is 9.95. The lowest BCUT2D eigenvalue weighted by Crippen LogP contribution is -2.49. The molecule has 3 heterocycles. The third kappa shape index (κ3) is 3.81. The molecule has 2 fully saturated rings. The maximum Gasteiger partial charge on any atom is 0.289 e. The number of rotatable bonds is 4. The van der Waals surface area contributed by atoms with Gasteiger partial charge in [0.1, 0.15) is 5.82 Å². The number of carbonyl (C=O) groups is 1. The Bertz CT molecular complexity index is 719. The lowest BCUT2D eigenvalue weighted by molar-refractivity contribution is 0.0714. The maximum atomic E-state index is 12.4. The predicted octanol–water partition coefficient (Wildman–Crippen LogP) is 2.78. The number of anilines is 2. The van der Waals surface area contributed by atoms with Crippen LogP contribution in [0.3, 0.4) is 0 Å². The molecule has 4 rings (SSSR count). The normalized spacial score (nSPS) is 18.8. The van der Waals surface area contributed by atoms with Crippen LogP contribution in [0.2, 0.25) is 0 Å². The summed E-state index contributed by atoms with van der Waals surface area (Å²) in [6, 6.07) is 5.91. The number of aromatic nitrogens is 2. The van der Waals surface area contributed by atoms with Gasteiger partial charge in [-0.25, -0.2) is 4.98 Å². The predicted molar refractivity (Wildman–Crippen MR) is 99.4 cm³/mol. The molecule has 7 nitrogen and oxygen atoms in total. The molecule has 1 saturated heterocycles. The van der Waals surface area contributed by atoms with Gasteiger partial charge in [0.15, 0.2) is 5.76 Å². The summed E-state index contributed by atoms with van der Waals surface area (Å²) in [5, 5.41) is 3.55. The third-order valence-corrected chi connectivity index (χ3v) is 5.18. The minimum Gasteiger partial charge on any atom is -0.459 e. The first-order valence-corrected chi connectivity index (χ1v) is 9.47. The second-order valence-electron chi connectivity index (χ2n) is 6.98. The van der Waals surface area contributed by atoms with Gasteiger partial charge in [-0.1, -0.05) is 19.3 Å². The fourth-order valence-electron chi connectivity index (χ4n) is 3.70. The number of hydrogen-bond donors (Lipinski definition) is 1. The van der Waals surface area contributed by atoms with Crippen LogP contribution in [0.15, 0.2) is 35.1 Å². The summed E-state index contributed by atoms with van der Waals surface area (Å²) in [5.74, 6) is 1.98. The van der Waals surface area contributed by atoms with E-state index >= 15 is 0 Å². The van der Waals surface area contributed by atoms with E-state index in [1.54, 1.807) is 12.1 Å². The van der Waals surface area contributed by atoms with Crippen LogP contribution in [-0.4, -0.2) is 53.0 Å². The Labute approximate surface area is 153 Å². The Morgan fingerprint density at radius 1 is 1.12 bits per heavy atom. The van der Waals surface area contributed by atoms with E-state index in [2.05, 4.69) is 15.2 Å². The Balaban J connectivity index is 1.35. The van der Waals surface area contributed by atoms with E-state index in [-0.39, 0.29) is 5.91 Å². The van der Waals surface area contributed by atoms with E-state index < -0.39 is 0 Å². The molecular formula is C19H25N5O2. The summed E-state index contributed by atoms with van der Waals surface area (Å²) in [4.78, 5) is 25.4. The molecule has 2 aliphatic rings. The topological polar surface area (TPSA) is 74.5 Å². The number of furan rings is 1. The van der Waals surface area contributed by atoms with Gasteiger partial charge in [-0.3, -0.25) is 4.79 Å². The summed E-state index contributed by atoms with van der Waals surface area (Å²) < 4.78 is 5.21. The molecule has 2 aromatic rings. The summed E-state index contributed by atoms with van der Waals surface area (Å²) >= 11 is 0. The van der Waals surface area contributed by atoms with Crippen LogP contribution in [0.4, 0.5) is 11.8 Å². The van der Waals surface area contributed by atoms with Gasteiger partial charge in [0.25, 0.3) is 5.91 Å². The Morgan fingerprint density at radius 2 is 1.92 bits per heavy atom. The van der Waals surface area contributed by atoms with Gasteiger partial charge in [0.2, 0.25) is 5.95 Å². The summed E-state index contributed by atoms with van der Waals surface area (Å²) in [7, 11) is 0. The van der Waals surface area contributed by atoms with Crippen LogP contribution in [0, 0.1) is 0 Å². The highest BCUT2D eigenvalue weighted by atomic mass is 16.3. The molecule has 1 N–H and O–H groups in total. The second kappa shape index (κ2) is 7.76. The fraction of sp³-hybridized carbons (Fsp3) is 0.526. The van der Waals surface area contributed by atoms with Gasteiger partial charge >= 0.3 is 0 Å². The molecule has 0 spiro atoms. The molecule has 0 aromatic carbocycles. The summed E-state index contributed by atoms with van der Waals surface area (Å²) in [6.45, 7) is 2.73.